The maximum absolute atomic E-state index is 13.2. The summed E-state index contributed by atoms with van der Waals surface area (Å²) in [5.74, 6) is 0.779. The van der Waals surface area contributed by atoms with Crippen LogP contribution < -0.4 is 0 Å². The third-order valence-electron chi connectivity index (χ3n) is 4.61. The number of imidazole rings is 1. The van der Waals surface area contributed by atoms with E-state index in [0.29, 0.717) is 12.4 Å². The fraction of sp³-hybridized carbons (Fsp3) is 0.474. The molecule has 1 aliphatic rings. The molecule has 0 N–H and O–H groups in total. The average molecular weight is 365 g/mol. The van der Waals surface area contributed by atoms with Gasteiger partial charge in [-0.05, 0) is 38.3 Å². The highest BCUT2D eigenvalue weighted by atomic mass is 19.4. The lowest BCUT2D eigenvalue weighted by molar-refractivity contribution is -0.138. The number of carbonyl (C=O) groups excluding carboxylic acids is 1. The molecule has 0 atom stereocenters. The summed E-state index contributed by atoms with van der Waals surface area (Å²) in [6.45, 7) is 4.24. The van der Waals surface area contributed by atoms with Crippen LogP contribution in [-0.4, -0.2) is 26.4 Å². The van der Waals surface area contributed by atoms with Gasteiger partial charge in [0.1, 0.15) is 5.82 Å². The van der Waals surface area contributed by atoms with Crippen molar-refractivity contribution in [1.29, 1.82) is 0 Å². The summed E-state index contributed by atoms with van der Waals surface area (Å²) in [4.78, 5) is 18.5. The number of carbonyl (C=O) groups is 1. The fourth-order valence-electron chi connectivity index (χ4n) is 2.99. The van der Waals surface area contributed by atoms with Gasteiger partial charge in [-0.3, -0.25) is 4.79 Å². The van der Waals surface area contributed by atoms with Crippen LogP contribution in [0.5, 0.6) is 0 Å². The zero-order chi connectivity index (χ0) is 18.9. The normalized spacial score (nSPS) is 14.7. The van der Waals surface area contributed by atoms with Crippen molar-refractivity contribution in [3.8, 4) is 0 Å². The van der Waals surface area contributed by atoms with Crippen molar-refractivity contribution < 1.29 is 18.0 Å². The van der Waals surface area contributed by atoms with Crippen LogP contribution in [0.15, 0.2) is 36.7 Å². The molecule has 26 heavy (non-hydrogen) atoms. The molecule has 1 aliphatic carbocycles. The van der Waals surface area contributed by atoms with E-state index >= 15 is 0 Å². The molecule has 1 heterocycles. The number of amides is 1. The minimum absolute atomic E-state index is 0.00992. The summed E-state index contributed by atoms with van der Waals surface area (Å²) in [6, 6.07) is 5.55. The van der Waals surface area contributed by atoms with E-state index in [9.17, 15) is 18.0 Å². The molecular weight excluding hydrogens is 343 g/mol. The van der Waals surface area contributed by atoms with Crippen molar-refractivity contribution in [2.45, 2.75) is 52.0 Å². The first-order valence-electron chi connectivity index (χ1n) is 8.73. The minimum atomic E-state index is -4.40. The van der Waals surface area contributed by atoms with Crippen molar-refractivity contribution in [1.82, 2.24) is 14.5 Å². The third-order valence-corrected chi connectivity index (χ3v) is 4.61. The van der Waals surface area contributed by atoms with Gasteiger partial charge in [0, 0.05) is 30.9 Å². The van der Waals surface area contributed by atoms with Gasteiger partial charge in [0.25, 0.3) is 0 Å². The van der Waals surface area contributed by atoms with Crippen molar-refractivity contribution in [2.75, 3.05) is 0 Å². The molecule has 1 aromatic carbocycles. The molecule has 140 valence electrons. The van der Waals surface area contributed by atoms with Crippen LogP contribution in [0.2, 0.25) is 0 Å². The number of alkyl halides is 3. The van der Waals surface area contributed by atoms with Crippen molar-refractivity contribution >= 4 is 5.91 Å². The molecule has 0 radical (unpaired) electrons. The zero-order valence-corrected chi connectivity index (χ0v) is 14.8. The largest absolute Gasteiger partial charge is 0.416 e. The Morgan fingerprint density at radius 2 is 2.00 bits per heavy atom. The molecular formula is C19H22F3N3O. The number of rotatable bonds is 6. The molecule has 0 bridgehead atoms. The quantitative estimate of drug-likeness (QED) is 0.773. The molecule has 1 fully saturated rings. The van der Waals surface area contributed by atoms with Gasteiger partial charge in [-0.2, -0.15) is 13.2 Å². The van der Waals surface area contributed by atoms with Gasteiger partial charge >= 0.3 is 6.18 Å². The van der Waals surface area contributed by atoms with Crippen LogP contribution in [0.1, 0.15) is 43.6 Å². The van der Waals surface area contributed by atoms with Gasteiger partial charge in [-0.25, -0.2) is 4.98 Å². The first-order valence-corrected chi connectivity index (χ1v) is 8.73. The highest BCUT2D eigenvalue weighted by Gasteiger charge is 2.35. The molecule has 1 aromatic heterocycles. The Morgan fingerprint density at radius 1 is 1.31 bits per heavy atom. The molecule has 0 unspecified atom stereocenters. The van der Waals surface area contributed by atoms with Gasteiger partial charge in [0.2, 0.25) is 5.91 Å². The monoisotopic (exact) mass is 365 g/mol. The third kappa shape index (κ3) is 4.08. The Morgan fingerprint density at radius 3 is 2.62 bits per heavy atom. The second kappa shape index (κ2) is 7.13. The van der Waals surface area contributed by atoms with Crippen LogP contribution in [0, 0.1) is 5.92 Å². The average Bonchev–Trinajstić information content (AvgIpc) is 3.33. The highest BCUT2D eigenvalue weighted by Crippen LogP contribution is 2.33. The summed E-state index contributed by atoms with van der Waals surface area (Å²) < 4.78 is 41.3. The predicted molar refractivity (Wildman–Crippen MR) is 91.2 cm³/mol. The van der Waals surface area contributed by atoms with Crippen LogP contribution in [0.25, 0.3) is 0 Å². The molecule has 0 saturated heterocycles. The van der Waals surface area contributed by atoms with E-state index in [2.05, 4.69) is 4.98 Å². The molecule has 0 aliphatic heterocycles. The Hall–Kier alpha value is -2.31. The molecule has 1 amide bonds. The lowest BCUT2D eigenvalue weighted by atomic mass is 10.1. The fourth-order valence-corrected chi connectivity index (χ4v) is 2.99. The SMILES string of the molecule is CC(C)N(Cc1nccn1Cc1ccccc1C(F)(F)F)C(=O)C1CC1. The number of nitrogens with zero attached hydrogens (tertiary/aromatic N) is 3. The Bertz CT molecular complexity index is 778. The summed E-state index contributed by atoms with van der Waals surface area (Å²) in [6.07, 6.45) is 0.641. The molecule has 7 heteroatoms. The number of hydrogen-bond acceptors (Lipinski definition) is 2. The maximum Gasteiger partial charge on any atom is 0.416 e. The Kier molecular flexibility index (Phi) is 5.07. The van der Waals surface area contributed by atoms with Gasteiger partial charge in [0.15, 0.2) is 0 Å². The number of benzene rings is 1. The van der Waals surface area contributed by atoms with E-state index in [4.69, 9.17) is 0 Å². The summed E-state index contributed by atoms with van der Waals surface area (Å²) >= 11 is 0. The predicted octanol–water partition coefficient (Wildman–Crippen LogP) is 4.10. The maximum atomic E-state index is 13.2. The van der Waals surface area contributed by atoms with Crippen molar-refractivity contribution in [2.24, 2.45) is 5.92 Å². The zero-order valence-electron chi connectivity index (χ0n) is 14.8. The van der Waals surface area contributed by atoms with E-state index in [-0.39, 0.29) is 30.0 Å². The lowest BCUT2D eigenvalue weighted by Gasteiger charge is -2.27. The number of halogens is 3. The highest BCUT2D eigenvalue weighted by molar-refractivity contribution is 5.81. The number of hydrogen-bond donors (Lipinski definition) is 0. The van der Waals surface area contributed by atoms with Crippen molar-refractivity contribution in [3.63, 3.8) is 0 Å². The van der Waals surface area contributed by atoms with Crippen LogP contribution in [0.3, 0.4) is 0 Å². The first kappa shape index (κ1) is 18.5. The first-order chi connectivity index (χ1) is 12.3. The van der Waals surface area contributed by atoms with Gasteiger partial charge in [0.05, 0.1) is 12.1 Å². The van der Waals surface area contributed by atoms with E-state index < -0.39 is 11.7 Å². The second-order valence-electron chi connectivity index (χ2n) is 6.96. The Labute approximate surface area is 150 Å². The van der Waals surface area contributed by atoms with Gasteiger partial charge < -0.3 is 9.47 Å². The minimum Gasteiger partial charge on any atom is -0.333 e. The van der Waals surface area contributed by atoms with E-state index in [0.717, 1.165) is 18.9 Å². The van der Waals surface area contributed by atoms with E-state index in [1.807, 2.05) is 13.8 Å². The van der Waals surface area contributed by atoms with Crippen LogP contribution >= 0.6 is 0 Å². The summed E-state index contributed by atoms with van der Waals surface area (Å²) in [7, 11) is 0. The molecule has 1 saturated carbocycles. The van der Waals surface area contributed by atoms with Crippen LogP contribution in [-0.2, 0) is 24.1 Å². The Balaban J connectivity index is 1.82. The van der Waals surface area contributed by atoms with Gasteiger partial charge in [-0.1, -0.05) is 18.2 Å². The van der Waals surface area contributed by atoms with Gasteiger partial charge in [-0.15, -0.1) is 0 Å². The summed E-state index contributed by atoms with van der Waals surface area (Å²) in [5, 5.41) is 0. The molecule has 0 spiro atoms. The topological polar surface area (TPSA) is 38.1 Å². The number of aromatic nitrogens is 2. The molecule has 2 aromatic rings. The molecule has 3 rings (SSSR count). The van der Waals surface area contributed by atoms with Crippen LogP contribution in [0.4, 0.5) is 13.2 Å². The standard InChI is InChI=1S/C19H22F3N3O/c1-13(2)25(18(26)14-7-8-14)12-17-23-9-10-24(17)11-15-5-3-4-6-16(15)19(20,21)22/h3-6,9-10,13-14H,7-8,11-12H2,1-2H3. The molecule has 4 nitrogen and oxygen atoms in total. The van der Waals surface area contributed by atoms with E-state index in [1.54, 1.807) is 27.9 Å². The lowest BCUT2D eigenvalue weighted by Crippen LogP contribution is -2.38. The smallest absolute Gasteiger partial charge is 0.333 e. The second-order valence-corrected chi connectivity index (χ2v) is 6.96. The van der Waals surface area contributed by atoms with Crippen molar-refractivity contribution in [3.05, 3.63) is 53.6 Å². The van der Waals surface area contributed by atoms with E-state index in [1.165, 1.54) is 12.1 Å². The summed E-state index contributed by atoms with van der Waals surface area (Å²) in [5.41, 5.74) is -0.460.